The van der Waals surface area contributed by atoms with Crippen molar-refractivity contribution in [1.82, 2.24) is 15.1 Å². The third kappa shape index (κ3) is 2.84. The fourth-order valence-electron chi connectivity index (χ4n) is 2.45. The van der Waals surface area contributed by atoms with E-state index in [1.165, 1.54) is 30.5 Å². The van der Waals surface area contributed by atoms with Crippen molar-refractivity contribution < 1.29 is 4.39 Å². The number of aromatic nitrogens is 2. The topological polar surface area (TPSA) is 29.9 Å². The SMILES string of the molecule is Cn1nccc1CNC(c1ccc(F)cc1)C1CC1. The number of nitrogens with one attached hydrogen (secondary N) is 1. The average molecular weight is 259 g/mol. The van der Waals surface area contributed by atoms with Crippen molar-refractivity contribution in [2.45, 2.75) is 25.4 Å². The van der Waals surface area contributed by atoms with Crippen LogP contribution in [0.25, 0.3) is 0 Å². The van der Waals surface area contributed by atoms with E-state index in [4.69, 9.17) is 0 Å². The van der Waals surface area contributed by atoms with Crippen LogP contribution in [0.15, 0.2) is 36.5 Å². The highest BCUT2D eigenvalue weighted by Gasteiger charge is 2.32. The summed E-state index contributed by atoms with van der Waals surface area (Å²) >= 11 is 0. The Hall–Kier alpha value is -1.68. The Balaban J connectivity index is 1.71. The lowest BCUT2D eigenvalue weighted by Gasteiger charge is -2.19. The van der Waals surface area contributed by atoms with Gasteiger partial charge in [-0.1, -0.05) is 12.1 Å². The molecule has 3 rings (SSSR count). The molecule has 1 aliphatic carbocycles. The molecule has 0 spiro atoms. The summed E-state index contributed by atoms with van der Waals surface area (Å²) in [6.45, 7) is 0.787. The van der Waals surface area contributed by atoms with E-state index < -0.39 is 0 Å². The first-order valence-corrected chi connectivity index (χ1v) is 6.70. The second kappa shape index (κ2) is 5.13. The average Bonchev–Trinajstić information content (AvgIpc) is 3.16. The van der Waals surface area contributed by atoms with Gasteiger partial charge in [0.15, 0.2) is 0 Å². The number of rotatable bonds is 5. The summed E-state index contributed by atoms with van der Waals surface area (Å²) < 4.78 is 14.9. The van der Waals surface area contributed by atoms with Gasteiger partial charge in [0.2, 0.25) is 0 Å². The van der Waals surface area contributed by atoms with E-state index in [9.17, 15) is 4.39 Å². The normalized spacial score (nSPS) is 16.5. The van der Waals surface area contributed by atoms with E-state index in [-0.39, 0.29) is 5.82 Å². The first-order valence-electron chi connectivity index (χ1n) is 6.70. The molecule has 4 heteroatoms. The molecule has 0 aliphatic heterocycles. The van der Waals surface area contributed by atoms with E-state index in [1.54, 1.807) is 6.20 Å². The van der Waals surface area contributed by atoms with Gasteiger partial charge in [0, 0.05) is 25.8 Å². The molecule has 1 heterocycles. The largest absolute Gasteiger partial charge is 0.304 e. The Kier molecular flexibility index (Phi) is 3.34. The molecule has 0 amide bonds. The zero-order valence-corrected chi connectivity index (χ0v) is 11.0. The number of hydrogen-bond acceptors (Lipinski definition) is 2. The molecule has 1 saturated carbocycles. The Labute approximate surface area is 112 Å². The Morgan fingerprint density at radius 2 is 2.05 bits per heavy atom. The first kappa shape index (κ1) is 12.4. The van der Waals surface area contributed by atoms with Crippen LogP contribution in [0.1, 0.15) is 30.1 Å². The summed E-state index contributed by atoms with van der Waals surface area (Å²) in [7, 11) is 1.95. The first-order chi connectivity index (χ1) is 9.24. The van der Waals surface area contributed by atoms with Crippen molar-refractivity contribution in [3.8, 4) is 0 Å². The van der Waals surface area contributed by atoms with Crippen molar-refractivity contribution in [3.63, 3.8) is 0 Å². The predicted molar refractivity (Wildman–Crippen MR) is 71.9 cm³/mol. The van der Waals surface area contributed by atoms with E-state index >= 15 is 0 Å². The highest BCUT2D eigenvalue weighted by molar-refractivity contribution is 5.22. The number of hydrogen-bond donors (Lipinski definition) is 1. The van der Waals surface area contributed by atoms with Crippen molar-refractivity contribution in [2.75, 3.05) is 0 Å². The molecular weight excluding hydrogens is 241 g/mol. The van der Waals surface area contributed by atoms with Crippen molar-refractivity contribution in [3.05, 3.63) is 53.6 Å². The number of nitrogens with zero attached hydrogens (tertiary/aromatic N) is 2. The quantitative estimate of drug-likeness (QED) is 0.894. The summed E-state index contributed by atoms with van der Waals surface area (Å²) in [4.78, 5) is 0. The molecule has 1 aromatic heterocycles. The van der Waals surface area contributed by atoms with Gasteiger partial charge in [-0.05, 0) is 42.5 Å². The maximum Gasteiger partial charge on any atom is 0.123 e. The number of benzene rings is 1. The third-order valence-corrected chi connectivity index (χ3v) is 3.75. The molecule has 1 unspecified atom stereocenters. The summed E-state index contributed by atoms with van der Waals surface area (Å²) in [6, 6.07) is 9.17. The summed E-state index contributed by atoms with van der Waals surface area (Å²) in [5, 5.41) is 7.74. The highest BCUT2D eigenvalue weighted by atomic mass is 19.1. The molecule has 0 radical (unpaired) electrons. The van der Waals surface area contributed by atoms with Gasteiger partial charge in [-0.3, -0.25) is 4.68 Å². The fourth-order valence-corrected chi connectivity index (χ4v) is 2.45. The van der Waals surface area contributed by atoms with Gasteiger partial charge in [0.1, 0.15) is 5.82 Å². The lowest BCUT2D eigenvalue weighted by Crippen LogP contribution is -2.23. The highest BCUT2D eigenvalue weighted by Crippen LogP contribution is 2.41. The van der Waals surface area contributed by atoms with E-state index in [0.29, 0.717) is 12.0 Å². The smallest absolute Gasteiger partial charge is 0.123 e. The molecule has 1 aromatic carbocycles. The summed E-state index contributed by atoms with van der Waals surface area (Å²) in [5.41, 5.74) is 2.33. The van der Waals surface area contributed by atoms with Crippen LogP contribution in [-0.4, -0.2) is 9.78 Å². The number of halogens is 1. The van der Waals surface area contributed by atoms with Crippen LogP contribution in [-0.2, 0) is 13.6 Å². The van der Waals surface area contributed by atoms with Gasteiger partial charge >= 0.3 is 0 Å². The van der Waals surface area contributed by atoms with Crippen LogP contribution >= 0.6 is 0 Å². The lowest BCUT2D eigenvalue weighted by atomic mass is 10.0. The van der Waals surface area contributed by atoms with E-state index in [1.807, 2.05) is 29.9 Å². The van der Waals surface area contributed by atoms with Crippen LogP contribution in [0.4, 0.5) is 4.39 Å². The molecule has 1 atom stereocenters. The van der Waals surface area contributed by atoms with Gasteiger partial charge < -0.3 is 5.32 Å². The maximum atomic E-state index is 13.0. The molecular formula is C15H18FN3. The van der Waals surface area contributed by atoms with Crippen LogP contribution < -0.4 is 5.32 Å². The van der Waals surface area contributed by atoms with Gasteiger partial charge in [-0.25, -0.2) is 4.39 Å². The Bertz CT molecular complexity index is 543. The van der Waals surface area contributed by atoms with Crippen LogP contribution in [0, 0.1) is 11.7 Å². The Morgan fingerprint density at radius 3 is 2.63 bits per heavy atom. The molecule has 0 saturated heterocycles. The molecule has 100 valence electrons. The second-order valence-electron chi connectivity index (χ2n) is 5.19. The van der Waals surface area contributed by atoms with Crippen LogP contribution in [0.3, 0.4) is 0 Å². The molecule has 0 bridgehead atoms. The molecule has 19 heavy (non-hydrogen) atoms. The van der Waals surface area contributed by atoms with Gasteiger partial charge in [-0.15, -0.1) is 0 Å². The molecule has 1 N–H and O–H groups in total. The monoisotopic (exact) mass is 259 g/mol. The predicted octanol–water partition coefficient (Wildman–Crippen LogP) is 2.80. The minimum Gasteiger partial charge on any atom is -0.304 e. The zero-order chi connectivity index (χ0) is 13.2. The van der Waals surface area contributed by atoms with Gasteiger partial charge in [0.05, 0.1) is 5.69 Å². The molecule has 1 aliphatic rings. The van der Waals surface area contributed by atoms with Crippen LogP contribution in [0.5, 0.6) is 0 Å². The summed E-state index contributed by atoms with van der Waals surface area (Å²) in [5.74, 6) is 0.503. The summed E-state index contributed by atoms with van der Waals surface area (Å²) in [6.07, 6.45) is 4.31. The Morgan fingerprint density at radius 1 is 1.32 bits per heavy atom. The lowest BCUT2D eigenvalue weighted by molar-refractivity contribution is 0.468. The van der Waals surface area contributed by atoms with Gasteiger partial charge in [0.25, 0.3) is 0 Å². The minimum absolute atomic E-state index is 0.176. The maximum absolute atomic E-state index is 13.0. The molecule has 3 nitrogen and oxygen atoms in total. The minimum atomic E-state index is -0.176. The molecule has 2 aromatic rings. The van der Waals surface area contributed by atoms with Crippen LogP contribution in [0.2, 0.25) is 0 Å². The van der Waals surface area contributed by atoms with Crippen molar-refractivity contribution in [2.24, 2.45) is 13.0 Å². The van der Waals surface area contributed by atoms with Crippen molar-refractivity contribution >= 4 is 0 Å². The standard InChI is InChI=1S/C15H18FN3/c1-19-14(8-9-18-19)10-17-15(11-2-3-11)12-4-6-13(16)7-5-12/h4-9,11,15,17H,2-3,10H2,1H3. The fraction of sp³-hybridized carbons (Fsp3) is 0.400. The second-order valence-corrected chi connectivity index (χ2v) is 5.19. The zero-order valence-electron chi connectivity index (χ0n) is 11.0. The van der Waals surface area contributed by atoms with E-state index in [2.05, 4.69) is 10.4 Å². The third-order valence-electron chi connectivity index (χ3n) is 3.75. The van der Waals surface area contributed by atoms with Gasteiger partial charge in [-0.2, -0.15) is 5.10 Å². The van der Waals surface area contributed by atoms with Crippen molar-refractivity contribution in [1.29, 1.82) is 0 Å². The van der Waals surface area contributed by atoms with E-state index in [0.717, 1.165) is 12.2 Å². The molecule has 1 fully saturated rings. The number of aryl methyl sites for hydroxylation is 1.